The molecule has 0 fully saturated rings. The van der Waals surface area contributed by atoms with E-state index in [0.717, 1.165) is 5.56 Å². The van der Waals surface area contributed by atoms with E-state index in [1.807, 2.05) is 6.92 Å². The molecule has 0 heterocycles. The summed E-state index contributed by atoms with van der Waals surface area (Å²) in [7, 11) is 0. The molecule has 0 spiro atoms. The Morgan fingerprint density at radius 2 is 1.61 bits per heavy atom. The van der Waals surface area contributed by atoms with Crippen molar-refractivity contribution in [2.45, 2.75) is 27.4 Å². The summed E-state index contributed by atoms with van der Waals surface area (Å²) in [6.45, 7) is 5.74. The zero-order valence-corrected chi connectivity index (χ0v) is 13.6. The van der Waals surface area contributed by atoms with Crippen LogP contribution in [-0.4, -0.2) is 18.2 Å². The summed E-state index contributed by atoms with van der Waals surface area (Å²) >= 11 is 0. The number of ether oxygens (including phenoxy) is 2. The highest BCUT2D eigenvalue weighted by Gasteiger charge is 2.09. The lowest BCUT2D eigenvalue weighted by atomic mass is 10.1. The summed E-state index contributed by atoms with van der Waals surface area (Å²) < 4.78 is 11.3. The molecule has 0 amide bonds. The summed E-state index contributed by atoms with van der Waals surface area (Å²) in [4.78, 5) is 23.0. The van der Waals surface area contributed by atoms with Crippen molar-refractivity contribution in [2.75, 3.05) is 6.61 Å². The summed E-state index contributed by atoms with van der Waals surface area (Å²) in [5.41, 5.74) is 2.02. The van der Waals surface area contributed by atoms with Crippen molar-refractivity contribution in [1.82, 2.24) is 0 Å². The maximum absolute atomic E-state index is 11.5. The van der Waals surface area contributed by atoms with Crippen molar-refractivity contribution in [2.24, 2.45) is 0 Å². The Labute approximate surface area is 136 Å². The Morgan fingerprint density at radius 3 is 2.26 bits per heavy atom. The molecule has 0 aliphatic rings. The van der Waals surface area contributed by atoms with Crippen LogP contribution in [0, 0.1) is 0 Å². The lowest BCUT2D eigenvalue weighted by Crippen LogP contribution is -2.04. The predicted molar refractivity (Wildman–Crippen MR) is 88.4 cm³/mol. The largest absolute Gasteiger partial charge is 0.493 e. The van der Waals surface area contributed by atoms with E-state index in [-0.39, 0.29) is 18.2 Å². The zero-order valence-electron chi connectivity index (χ0n) is 13.6. The van der Waals surface area contributed by atoms with Gasteiger partial charge in [0.15, 0.2) is 11.6 Å². The Bertz CT molecular complexity index is 719. The monoisotopic (exact) mass is 312 g/mol. The van der Waals surface area contributed by atoms with Crippen LogP contribution in [0.5, 0.6) is 11.5 Å². The van der Waals surface area contributed by atoms with Crippen LogP contribution in [0.25, 0.3) is 0 Å². The van der Waals surface area contributed by atoms with E-state index in [0.29, 0.717) is 29.2 Å². The van der Waals surface area contributed by atoms with Crippen LogP contribution in [0.4, 0.5) is 0 Å². The van der Waals surface area contributed by atoms with Crippen molar-refractivity contribution in [3.05, 3.63) is 59.2 Å². The van der Waals surface area contributed by atoms with Gasteiger partial charge in [0.1, 0.15) is 18.1 Å². The zero-order chi connectivity index (χ0) is 16.8. The average Bonchev–Trinajstić information content (AvgIpc) is 2.54. The predicted octanol–water partition coefficient (Wildman–Crippen LogP) is 4.07. The van der Waals surface area contributed by atoms with E-state index < -0.39 is 0 Å². The number of benzene rings is 2. The van der Waals surface area contributed by atoms with Crippen molar-refractivity contribution < 1.29 is 19.1 Å². The van der Waals surface area contributed by atoms with E-state index >= 15 is 0 Å². The second-order valence-electron chi connectivity index (χ2n) is 5.18. The molecular weight excluding hydrogens is 292 g/mol. The molecule has 0 saturated heterocycles. The van der Waals surface area contributed by atoms with E-state index in [9.17, 15) is 9.59 Å². The minimum absolute atomic E-state index is 0.00660. The molecule has 2 aromatic rings. The highest BCUT2D eigenvalue weighted by atomic mass is 16.5. The van der Waals surface area contributed by atoms with Gasteiger partial charge in [0.25, 0.3) is 0 Å². The number of carbonyl (C=O) groups is 2. The van der Waals surface area contributed by atoms with Gasteiger partial charge >= 0.3 is 0 Å². The quantitative estimate of drug-likeness (QED) is 0.723. The van der Waals surface area contributed by atoms with Gasteiger partial charge < -0.3 is 9.47 Å². The molecular formula is C19H20O4. The van der Waals surface area contributed by atoms with Crippen molar-refractivity contribution in [3.63, 3.8) is 0 Å². The first kappa shape index (κ1) is 16.7. The normalized spacial score (nSPS) is 10.2. The van der Waals surface area contributed by atoms with Crippen molar-refractivity contribution in [3.8, 4) is 11.5 Å². The van der Waals surface area contributed by atoms with Gasteiger partial charge in [-0.15, -0.1) is 0 Å². The van der Waals surface area contributed by atoms with Crippen LogP contribution in [0.3, 0.4) is 0 Å². The smallest absolute Gasteiger partial charge is 0.159 e. The van der Waals surface area contributed by atoms with Crippen molar-refractivity contribution in [1.29, 1.82) is 0 Å². The fraction of sp³-hybridized carbons (Fsp3) is 0.263. The second-order valence-corrected chi connectivity index (χ2v) is 5.18. The number of hydrogen-bond donors (Lipinski definition) is 0. The topological polar surface area (TPSA) is 52.6 Å². The van der Waals surface area contributed by atoms with Gasteiger partial charge in [0, 0.05) is 16.7 Å². The van der Waals surface area contributed by atoms with Gasteiger partial charge in [-0.3, -0.25) is 9.59 Å². The maximum Gasteiger partial charge on any atom is 0.159 e. The third-order valence-corrected chi connectivity index (χ3v) is 3.40. The van der Waals surface area contributed by atoms with E-state index in [4.69, 9.17) is 9.47 Å². The Morgan fingerprint density at radius 1 is 0.913 bits per heavy atom. The van der Waals surface area contributed by atoms with Crippen LogP contribution >= 0.6 is 0 Å². The van der Waals surface area contributed by atoms with Gasteiger partial charge in [0.05, 0.1) is 6.61 Å². The molecule has 0 radical (unpaired) electrons. The fourth-order valence-corrected chi connectivity index (χ4v) is 2.17. The maximum atomic E-state index is 11.5. The molecule has 23 heavy (non-hydrogen) atoms. The van der Waals surface area contributed by atoms with E-state index in [2.05, 4.69) is 0 Å². The van der Waals surface area contributed by atoms with Crippen LogP contribution in [0.15, 0.2) is 42.5 Å². The average molecular weight is 312 g/mol. The Balaban J connectivity index is 2.21. The number of Topliss-reactive ketones (excluding diaryl/α,β-unsaturated/α-hetero) is 2. The number of hydrogen-bond acceptors (Lipinski definition) is 4. The summed E-state index contributed by atoms with van der Waals surface area (Å²) in [5, 5.41) is 0. The van der Waals surface area contributed by atoms with Gasteiger partial charge in [-0.2, -0.15) is 0 Å². The first-order valence-corrected chi connectivity index (χ1v) is 7.51. The highest BCUT2D eigenvalue weighted by molar-refractivity contribution is 5.94. The molecule has 0 unspecified atom stereocenters. The van der Waals surface area contributed by atoms with Crippen LogP contribution in [0.1, 0.15) is 47.1 Å². The van der Waals surface area contributed by atoms with Crippen LogP contribution < -0.4 is 9.47 Å². The molecule has 0 aromatic heterocycles. The summed E-state index contributed by atoms with van der Waals surface area (Å²) in [5.74, 6) is 1.28. The standard InChI is InChI=1S/C19H20O4/c1-4-22-19-9-8-16(14(3)21)10-17(19)12-23-18-7-5-6-15(11-18)13(2)20/h5-11H,4,12H2,1-3H3. The number of rotatable bonds is 7. The van der Waals surface area contributed by atoms with Crippen molar-refractivity contribution >= 4 is 11.6 Å². The molecule has 2 aromatic carbocycles. The van der Waals surface area contributed by atoms with Crippen LogP contribution in [-0.2, 0) is 6.61 Å². The first-order chi connectivity index (χ1) is 11.0. The molecule has 0 atom stereocenters. The highest BCUT2D eigenvalue weighted by Crippen LogP contribution is 2.23. The molecule has 0 N–H and O–H groups in total. The lowest BCUT2D eigenvalue weighted by molar-refractivity contribution is 0.100. The van der Waals surface area contributed by atoms with Gasteiger partial charge in [-0.05, 0) is 51.1 Å². The van der Waals surface area contributed by atoms with E-state index in [1.165, 1.54) is 13.8 Å². The molecule has 120 valence electrons. The summed E-state index contributed by atoms with van der Waals surface area (Å²) in [6, 6.07) is 12.3. The van der Waals surface area contributed by atoms with Gasteiger partial charge in [-0.25, -0.2) is 0 Å². The Kier molecular flexibility index (Phi) is 5.52. The Hall–Kier alpha value is -2.62. The first-order valence-electron chi connectivity index (χ1n) is 7.51. The lowest BCUT2D eigenvalue weighted by Gasteiger charge is -2.13. The molecule has 0 aliphatic heterocycles. The van der Waals surface area contributed by atoms with E-state index in [1.54, 1.807) is 42.5 Å². The summed E-state index contributed by atoms with van der Waals surface area (Å²) in [6.07, 6.45) is 0. The second kappa shape index (κ2) is 7.58. The molecule has 4 nitrogen and oxygen atoms in total. The minimum Gasteiger partial charge on any atom is -0.493 e. The fourth-order valence-electron chi connectivity index (χ4n) is 2.17. The molecule has 0 aliphatic carbocycles. The number of ketones is 2. The SMILES string of the molecule is CCOc1ccc(C(C)=O)cc1COc1cccc(C(C)=O)c1. The third-order valence-electron chi connectivity index (χ3n) is 3.40. The third kappa shape index (κ3) is 4.42. The number of carbonyl (C=O) groups excluding carboxylic acids is 2. The molecule has 0 saturated carbocycles. The van der Waals surface area contributed by atoms with Gasteiger partial charge in [-0.1, -0.05) is 12.1 Å². The van der Waals surface area contributed by atoms with Crippen LogP contribution in [0.2, 0.25) is 0 Å². The molecule has 2 rings (SSSR count). The minimum atomic E-state index is -0.0102. The molecule has 4 heteroatoms. The molecule has 0 bridgehead atoms. The van der Waals surface area contributed by atoms with Gasteiger partial charge in [0.2, 0.25) is 0 Å².